The Bertz CT molecular complexity index is 554. The van der Waals surface area contributed by atoms with Crippen LogP contribution in [-0.2, 0) is 11.2 Å². The lowest BCUT2D eigenvalue weighted by atomic mass is 9.99. The maximum absolute atomic E-state index is 12.0. The molecule has 0 aromatic heterocycles. The number of amides is 1. The van der Waals surface area contributed by atoms with Crippen molar-refractivity contribution in [3.63, 3.8) is 0 Å². The largest absolute Gasteiger partial charge is 0.444 e. The molecule has 4 nitrogen and oxygen atoms in total. The first-order valence-corrected chi connectivity index (χ1v) is 8.64. The summed E-state index contributed by atoms with van der Waals surface area (Å²) in [6.07, 6.45) is 4.06. The molecule has 1 atom stereocenters. The van der Waals surface area contributed by atoms with Crippen LogP contribution in [0.4, 0.5) is 10.5 Å². The van der Waals surface area contributed by atoms with E-state index in [4.69, 9.17) is 22.1 Å². The highest BCUT2D eigenvalue weighted by atomic mass is 35.5. The Labute approximate surface area is 143 Å². The van der Waals surface area contributed by atoms with Gasteiger partial charge in [-0.25, -0.2) is 4.79 Å². The van der Waals surface area contributed by atoms with Crippen molar-refractivity contribution in [3.05, 3.63) is 28.8 Å². The molecular formula is C18H27ClN2O2. The monoisotopic (exact) mass is 338 g/mol. The number of nitrogens with two attached hydrogens (primary N) is 1. The Morgan fingerprint density at radius 1 is 1.43 bits per heavy atom. The molecule has 1 aromatic rings. The molecule has 1 heterocycles. The zero-order valence-corrected chi connectivity index (χ0v) is 15.0. The number of nitrogens with zero attached hydrogens (tertiary/aromatic N) is 1. The number of anilines is 1. The number of ether oxygens (including phenoxy) is 1. The van der Waals surface area contributed by atoms with E-state index in [0.717, 1.165) is 38.8 Å². The van der Waals surface area contributed by atoms with Crippen LogP contribution < -0.4 is 5.73 Å². The maximum atomic E-state index is 12.0. The highest BCUT2D eigenvalue weighted by molar-refractivity contribution is 6.33. The molecular weight excluding hydrogens is 312 g/mol. The molecule has 1 aliphatic heterocycles. The smallest absolute Gasteiger partial charge is 0.410 e. The highest BCUT2D eigenvalue weighted by Crippen LogP contribution is 2.25. The van der Waals surface area contributed by atoms with Gasteiger partial charge in [-0.05, 0) is 70.1 Å². The van der Waals surface area contributed by atoms with Gasteiger partial charge in [0.1, 0.15) is 5.60 Å². The predicted molar refractivity (Wildman–Crippen MR) is 94.7 cm³/mol. The van der Waals surface area contributed by atoms with Gasteiger partial charge in [0.25, 0.3) is 0 Å². The minimum Gasteiger partial charge on any atom is -0.444 e. The van der Waals surface area contributed by atoms with E-state index in [-0.39, 0.29) is 6.09 Å². The van der Waals surface area contributed by atoms with Crippen LogP contribution in [0, 0.1) is 5.92 Å². The van der Waals surface area contributed by atoms with Crippen molar-refractivity contribution >= 4 is 23.4 Å². The molecule has 2 rings (SSSR count). The molecule has 1 amide bonds. The average Bonchev–Trinajstić information content (AvgIpc) is 2.90. The summed E-state index contributed by atoms with van der Waals surface area (Å²) in [5, 5.41) is 0.625. The Hall–Kier alpha value is -1.42. The van der Waals surface area contributed by atoms with Crippen LogP contribution in [0.1, 0.15) is 45.6 Å². The van der Waals surface area contributed by atoms with Crippen LogP contribution in [0.5, 0.6) is 0 Å². The number of nitrogen functional groups attached to an aromatic ring is 1. The first-order chi connectivity index (χ1) is 10.7. The van der Waals surface area contributed by atoms with Crippen LogP contribution in [0.3, 0.4) is 0 Å². The van der Waals surface area contributed by atoms with Crippen molar-refractivity contribution in [2.45, 2.75) is 52.1 Å². The van der Waals surface area contributed by atoms with Crippen molar-refractivity contribution in [1.29, 1.82) is 0 Å². The van der Waals surface area contributed by atoms with Crippen molar-refractivity contribution in [2.75, 3.05) is 18.8 Å². The molecule has 5 heteroatoms. The fourth-order valence-electron chi connectivity index (χ4n) is 2.88. The zero-order chi connectivity index (χ0) is 17.0. The number of aryl methyl sites for hydroxylation is 1. The summed E-state index contributed by atoms with van der Waals surface area (Å²) in [7, 11) is 0. The first kappa shape index (κ1) is 17.9. The van der Waals surface area contributed by atoms with E-state index in [1.807, 2.05) is 43.9 Å². The van der Waals surface area contributed by atoms with Gasteiger partial charge in [0.15, 0.2) is 0 Å². The molecule has 23 heavy (non-hydrogen) atoms. The number of halogens is 1. The second-order valence-corrected chi connectivity index (χ2v) is 7.74. The van der Waals surface area contributed by atoms with Gasteiger partial charge >= 0.3 is 6.09 Å². The summed E-state index contributed by atoms with van der Waals surface area (Å²) in [5.41, 5.74) is 7.13. The van der Waals surface area contributed by atoms with Gasteiger partial charge in [0, 0.05) is 13.1 Å². The zero-order valence-electron chi connectivity index (χ0n) is 14.3. The van der Waals surface area contributed by atoms with E-state index in [1.165, 1.54) is 5.56 Å². The number of hydrogen-bond acceptors (Lipinski definition) is 3. The standard InChI is InChI=1S/C18H27ClN2O2/c1-18(2,3)23-17(22)21-10-9-14(12-21)6-4-5-13-7-8-16(20)15(19)11-13/h7-8,11,14H,4-6,9-10,12,20H2,1-3H3. The summed E-state index contributed by atoms with van der Waals surface area (Å²) in [6.45, 7) is 7.30. The van der Waals surface area contributed by atoms with Gasteiger partial charge in [0.05, 0.1) is 10.7 Å². The lowest BCUT2D eigenvalue weighted by Crippen LogP contribution is -2.35. The Kier molecular flexibility index (Phi) is 5.79. The summed E-state index contributed by atoms with van der Waals surface area (Å²) in [5.74, 6) is 0.562. The lowest BCUT2D eigenvalue weighted by Gasteiger charge is -2.24. The van der Waals surface area contributed by atoms with E-state index >= 15 is 0 Å². The molecule has 0 radical (unpaired) electrons. The second kappa shape index (κ2) is 7.43. The number of likely N-dealkylation sites (tertiary alicyclic amines) is 1. The number of carbonyl (C=O) groups is 1. The van der Waals surface area contributed by atoms with Gasteiger partial charge in [0.2, 0.25) is 0 Å². The second-order valence-electron chi connectivity index (χ2n) is 7.33. The molecule has 0 saturated carbocycles. The van der Waals surface area contributed by atoms with Crippen LogP contribution in [0.15, 0.2) is 18.2 Å². The lowest BCUT2D eigenvalue weighted by molar-refractivity contribution is 0.0287. The third kappa shape index (κ3) is 5.61. The van der Waals surface area contributed by atoms with E-state index in [1.54, 1.807) is 0 Å². The van der Waals surface area contributed by atoms with E-state index in [9.17, 15) is 4.79 Å². The van der Waals surface area contributed by atoms with E-state index < -0.39 is 5.60 Å². The molecule has 1 fully saturated rings. The summed E-state index contributed by atoms with van der Waals surface area (Å²) in [4.78, 5) is 13.9. The number of carbonyl (C=O) groups excluding carboxylic acids is 1. The highest BCUT2D eigenvalue weighted by Gasteiger charge is 2.29. The minimum atomic E-state index is -0.427. The van der Waals surface area contributed by atoms with Crippen molar-refractivity contribution in [2.24, 2.45) is 5.92 Å². The molecule has 1 aromatic carbocycles. The quantitative estimate of drug-likeness (QED) is 0.822. The summed E-state index contributed by atoms with van der Waals surface area (Å²) >= 11 is 6.04. The first-order valence-electron chi connectivity index (χ1n) is 8.26. The molecule has 128 valence electrons. The van der Waals surface area contributed by atoms with Crippen LogP contribution >= 0.6 is 11.6 Å². The van der Waals surface area contributed by atoms with Crippen LogP contribution in [-0.4, -0.2) is 29.7 Å². The maximum Gasteiger partial charge on any atom is 0.410 e. The Balaban J connectivity index is 1.73. The van der Waals surface area contributed by atoms with Gasteiger partial charge < -0.3 is 15.4 Å². The Morgan fingerprint density at radius 2 is 2.17 bits per heavy atom. The van der Waals surface area contributed by atoms with Gasteiger partial charge in [-0.2, -0.15) is 0 Å². The molecule has 1 aliphatic rings. The molecule has 0 aliphatic carbocycles. The normalized spacial score (nSPS) is 18.3. The summed E-state index contributed by atoms with van der Waals surface area (Å²) < 4.78 is 5.43. The van der Waals surface area contributed by atoms with Crippen LogP contribution in [0.25, 0.3) is 0 Å². The SMILES string of the molecule is CC(C)(C)OC(=O)N1CCC(CCCc2ccc(N)c(Cl)c2)C1. The minimum absolute atomic E-state index is 0.190. The molecule has 1 unspecified atom stereocenters. The Morgan fingerprint density at radius 3 is 2.83 bits per heavy atom. The number of benzene rings is 1. The summed E-state index contributed by atoms with van der Waals surface area (Å²) in [6, 6.07) is 5.83. The predicted octanol–water partition coefficient (Wildman–Crippen LogP) is 4.50. The van der Waals surface area contributed by atoms with Crippen LogP contribution in [0.2, 0.25) is 5.02 Å². The fraction of sp³-hybridized carbons (Fsp3) is 0.611. The third-order valence-corrected chi connectivity index (χ3v) is 4.41. The van der Waals surface area contributed by atoms with Gasteiger partial charge in [-0.3, -0.25) is 0 Å². The molecule has 1 saturated heterocycles. The van der Waals surface area contributed by atoms with Crippen molar-refractivity contribution in [3.8, 4) is 0 Å². The topological polar surface area (TPSA) is 55.6 Å². The van der Waals surface area contributed by atoms with Gasteiger partial charge in [-0.15, -0.1) is 0 Å². The van der Waals surface area contributed by atoms with E-state index in [2.05, 4.69) is 0 Å². The van der Waals surface area contributed by atoms with E-state index in [0.29, 0.717) is 16.6 Å². The number of hydrogen-bond donors (Lipinski definition) is 1. The molecule has 0 bridgehead atoms. The third-order valence-electron chi connectivity index (χ3n) is 4.08. The van der Waals surface area contributed by atoms with Crippen molar-refractivity contribution < 1.29 is 9.53 Å². The average molecular weight is 339 g/mol. The molecule has 0 spiro atoms. The van der Waals surface area contributed by atoms with Gasteiger partial charge in [-0.1, -0.05) is 17.7 Å². The van der Waals surface area contributed by atoms with Crippen molar-refractivity contribution in [1.82, 2.24) is 4.90 Å². The number of rotatable bonds is 4. The fourth-order valence-corrected chi connectivity index (χ4v) is 3.08. The molecule has 2 N–H and O–H groups in total.